The van der Waals surface area contributed by atoms with Crippen LogP contribution in [-0.4, -0.2) is 46.0 Å². The van der Waals surface area contributed by atoms with E-state index >= 15 is 0 Å². The van der Waals surface area contributed by atoms with Crippen molar-refractivity contribution in [3.8, 4) is 11.3 Å². The molecule has 2 aliphatic carbocycles. The molecule has 1 aliphatic heterocycles. The van der Waals surface area contributed by atoms with Gasteiger partial charge in [-0.15, -0.1) is 5.10 Å². The molecule has 3 heterocycles. The van der Waals surface area contributed by atoms with Crippen molar-refractivity contribution in [3.63, 3.8) is 0 Å². The highest BCUT2D eigenvalue weighted by Crippen LogP contribution is 2.69. The fraction of sp³-hybridized carbons (Fsp3) is 0.414. The highest BCUT2D eigenvalue weighted by atomic mass is 32.2. The van der Waals surface area contributed by atoms with E-state index < -0.39 is 32.1 Å². The molecule has 1 saturated carbocycles. The maximum Gasteiger partial charge on any atom is 0.158 e. The Labute approximate surface area is 226 Å². The second-order valence-electron chi connectivity index (χ2n) is 11.2. The summed E-state index contributed by atoms with van der Waals surface area (Å²) in [6.45, 7) is 7.66. The Morgan fingerprint density at radius 3 is 2.46 bits per heavy atom. The van der Waals surface area contributed by atoms with E-state index in [0.29, 0.717) is 23.5 Å². The van der Waals surface area contributed by atoms with Gasteiger partial charge in [-0.2, -0.15) is 15.3 Å². The number of aromatic nitrogens is 3. The van der Waals surface area contributed by atoms with Gasteiger partial charge < -0.3 is 0 Å². The maximum atomic E-state index is 14.6. The number of hydrogen-bond donors (Lipinski definition) is 0. The van der Waals surface area contributed by atoms with Crippen molar-refractivity contribution in [2.75, 3.05) is 5.75 Å². The molecule has 202 valence electrons. The number of hydrogen-bond acceptors (Lipinski definition) is 7. The summed E-state index contributed by atoms with van der Waals surface area (Å²) in [6.07, 6.45) is 2.03. The second kappa shape index (κ2) is 8.81. The minimum atomic E-state index is -3.28. The molecule has 0 amide bonds. The second-order valence-corrected chi connectivity index (χ2v) is 13.8. The highest BCUT2D eigenvalue weighted by Gasteiger charge is 2.65. The van der Waals surface area contributed by atoms with Crippen LogP contribution in [-0.2, 0) is 15.3 Å². The van der Waals surface area contributed by atoms with Crippen LogP contribution in [0, 0.1) is 17.0 Å². The zero-order valence-corrected chi connectivity index (χ0v) is 23.1. The zero-order valence-electron chi connectivity index (χ0n) is 22.2. The molecule has 1 fully saturated rings. The first-order valence-electron chi connectivity index (χ1n) is 13.2. The van der Waals surface area contributed by atoms with E-state index in [1.807, 2.05) is 18.2 Å². The number of pyridine rings is 1. The molecule has 2 bridgehead atoms. The molecule has 0 spiro atoms. The summed E-state index contributed by atoms with van der Waals surface area (Å²) in [5.41, 5.74) is 3.57. The van der Waals surface area contributed by atoms with E-state index in [2.05, 4.69) is 34.2 Å². The number of fused-ring (bicyclic) bond motifs is 5. The number of nitrogens with zero attached hydrogens (tertiary/aromatic N) is 5. The van der Waals surface area contributed by atoms with Crippen LogP contribution in [0.1, 0.15) is 75.5 Å². The first-order chi connectivity index (χ1) is 18.5. The largest absolute Gasteiger partial charge is 0.250 e. The molecule has 2 aromatic heterocycles. The predicted molar refractivity (Wildman–Crippen MR) is 146 cm³/mol. The SMILES string of the molecule is CCS(=O)(=O)[C@@H](C)C1=NN=C(c2cccc([C@@]34CC[C@@H](c5cc(-c6c(F)cccc6F)nnc53)C4(C)C)n2)C1. The first-order valence-corrected chi connectivity index (χ1v) is 14.9. The van der Waals surface area contributed by atoms with Gasteiger partial charge in [0, 0.05) is 12.2 Å². The molecule has 10 heteroatoms. The van der Waals surface area contributed by atoms with E-state index in [0.717, 1.165) is 29.8 Å². The molecule has 3 aliphatic rings. The molecule has 6 rings (SSSR count). The predicted octanol–water partition coefficient (Wildman–Crippen LogP) is 5.39. The average Bonchev–Trinajstić information content (AvgIpc) is 3.56. The van der Waals surface area contributed by atoms with Crippen LogP contribution in [0.25, 0.3) is 11.3 Å². The summed E-state index contributed by atoms with van der Waals surface area (Å²) in [5, 5.41) is 16.7. The molecule has 0 N–H and O–H groups in total. The lowest BCUT2D eigenvalue weighted by Crippen LogP contribution is -2.38. The van der Waals surface area contributed by atoms with Crippen LogP contribution in [0.15, 0.2) is 52.7 Å². The van der Waals surface area contributed by atoms with Gasteiger partial charge >= 0.3 is 0 Å². The van der Waals surface area contributed by atoms with Gasteiger partial charge in [0.15, 0.2) is 9.84 Å². The smallest absolute Gasteiger partial charge is 0.158 e. The number of sulfone groups is 1. The van der Waals surface area contributed by atoms with Crippen molar-refractivity contribution >= 4 is 21.3 Å². The molecule has 3 atom stereocenters. The van der Waals surface area contributed by atoms with Crippen molar-refractivity contribution < 1.29 is 17.2 Å². The molecule has 7 nitrogen and oxygen atoms in total. The van der Waals surface area contributed by atoms with Crippen molar-refractivity contribution in [1.29, 1.82) is 0 Å². The van der Waals surface area contributed by atoms with Gasteiger partial charge in [0.1, 0.15) is 11.6 Å². The van der Waals surface area contributed by atoms with Gasteiger partial charge in [0.2, 0.25) is 0 Å². The topological polar surface area (TPSA) is 97.5 Å². The van der Waals surface area contributed by atoms with Crippen LogP contribution in [0.3, 0.4) is 0 Å². The monoisotopic (exact) mass is 549 g/mol. The third kappa shape index (κ3) is 3.63. The summed E-state index contributed by atoms with van der Waals surface area (Å²) in [6, 6.07) is 11.3. The van der Waals surface area contributed by atoms with E-state index in [4.69, 9.17) is 4.98 Å². The molecule has 0 unspecified atom stereocenters. The lowest BCUT2D eigenvalue weighted by Gasteiger charge is -2.37. The molecule has 39 heavy (non-hydrogen) atoms. The molecular weight excluding hydrogens is 520 g/mol. The van der Waals surface area contributed by atoms with Gasteiger partial charge in [0.05, 0.1) is 50.4 Å². The van der Waals surface area contributed by atoms with Gasteiger partial charge in [0.25, 0.3) is 0 Å². The van der Waals surface area contributed by atoms with Crippen molar-refractivity contribution in [1.82, 2.24) is 15.2 Å². The third-order valence-electron chi connectivity index (χ3n) is 9.14. The van der Waals surface area contributed by atoms with Crippen LogP contribution in [0.5, 0.6) is 0 Å². The molecule has 1 aromatic carbocycles. The van der Waals surface area contributed by atoms with E-state index in [9.17, 15) is 17.2 Å². The first kappa shape index (κ1) is 25.9. The minimum absolute atomic E-state index is 0.0424. The number of rotatable bonds is 6. The molecule has 3 aromatic rings. The Bertz CT molecular complexity index is 1660. The van der Waals surface area contributed by atoms with Gasteiger partial charge in [-0.05, 0) is 67.0 Å². The van der Waals surface area contributed by atoms with E-state index in [1.54, 1.807) is 19.9 Å². The molecule has 0 saturated heterocycles. The summed E-state index contributed by atoms with van der Waals surface area (Å²) in [4.78, 5) is 5.04. The fourth-order valence-corrected chi connectivity index (χ4v) is 7.83. The van der Waals surface area contributed by atoms with Crippen LogP contribution in [0.4, 0.5) is 8.78 Å². The van der Waals surface area contributed by atoms with Crippen LogP contribution < -0.4 is 0 Å². The molecule has 0 radical (unpaired) electrons. The summed E-state index contributed by atoms with van der Waals surface area (Å²) < 4.78 is 53.9. The highest BCUT2D eigenvalue weighted by molar-refractivity contribution is 7.92. The zero-order chi connectivity index (χ0) is 27.7. The molecular formula is C29H29F2N5O2S. The lowest BCUT2D eigenvalue weighted by atomic mass is 9.66. The van der Waals surface area contributed by atoms with Crippen LogP contribution >= 0.6 is 0 Å². The van der Waals surface area contributed by atoms with E-state index in [-0.39, 0.29) is 28.3 Å². The Balaban J connectivity index is 1.39. The van der Waals surface area contributed by atoms with Crippen molar-refractivity contribution in [3.05, 3.63) is 76.7 Å². The van der Waals surface area contributed by atoms with Gasteiger partial charge in [-0.25, -0.2) is 17.2 Å². The maximum absolute atomic E-state index is 14.6. The Morgan fingerprint density at radius 2 is 1.74 bits per heavy atom. The number of halogens is 2. The summed E-state index contributed by atoms with van der Waals surface area (Å²) in [5.74, 6) is -1.17. The Morgan fingerprint density at radius 1 is 1.03 bits per heavy atom. The van der Waals surface area contributed by atoms with E-state index in [1.165, 1.54) is 18.2 Å². The van der Waals surface area contributed by atoms with Gasteiger partial charge in [-0.3, -0.25) is 4.98 Å². The third-order valence-corrected chi connectivity index (χ3v) is 11.3. The Hall–Kier alpha value is -3.40. The number of benzene rings is 1. The lowest BCUT2D eigenvalue weighted by molar-refractivity contribution is 0.243. The normalized spacial score (nSPS) is 23.9. The van der Waals surface area contributed by atoms with Gasteiger partial charge in [-0.1, -0.05) is 32.9 Å². The van der Waals surface area contributed by atoms with Crippen LogP contribution in [0.2, 0.25) is 0 Å². The Kier molecular flexibility index (Phi) is 5.84. The van der Waals surface area contributed by atoms with Crippen molar-refractivity contribution in [2.45, 2.75) is 63.5 Å². The summed E-state index contributed by atoms with van der Waals surface area (Å²) >= 11 is 0. The fourth-order valence-electron chi connectivity index (χ4n) is 6.78. The minimum Gasteiger partial charge on any atom is -0.250 e. The standard InChI is InChI=1S/C29H29F2N5O2S/c1-5-39(37,38)16(2)22-15-23(34-33-22)21-10-7-11-25(32-21)29-13-12-18(28(29,3)4)17-14-24(35-36-27(17)29)26-19(30)8-6-9-20(26)31/h6-11,14,16,18H,5,12-13,15H2,1-4H3/t16-,18-,29-/m0/s1. The average molecular weight is 550 g/mol. The quantitative estimate of drug-likeness (QED) is 0.411. The van der Waals surface area contributed by atoms with Crippen molar-refractivity contribution in [2.24, 2.45) is 15.6 Å². The summed E-state index contributed by atoms with van der Waals surface area (Å²) in [7, 11) is -3.28.